The van der Waals surface area contributed by atoms with E-state index in [2.05, 4.69) is 23.7 Å². The Balaban J connectivity index is 2.34. The maximum atomic E-state index is 7.74. The minimum atomic E-state index is 0.113. The second-order valence-corrected chi connectivity index (χ2v) is 5.43. The average molecular weight is 246 g/mol. The monoisotopic (exact) mass is 246 g/mol. The molecule has 98 valence electrons. The van der Waals surface area contributed by atoms with Gasteiger partial charge in [0.05, 0.1) is 5.56 Å². The summed E-state index contributed by atoms with van der Waals surface area (Å²) in [5, 5.41) is 7.74. The van der Waals surface area contributed by atoms with Crippen molar-refractivity contribution in [1.29, 1.82) is 5.41 Å². The normalized spacial score (nSPS) is 24.1. The van der Waals surface area contributed by atoms with E-state index in [0.717, 1.165) is 36.0 Å². The number of pyridine rings is 1. The van der Waals surface area contributed by atoms with Gasteiger partial charge in [0.25, 0.3) is 0 Å². The van der Waals surface area contributed by atoms with Crippen LogP contribution < -0.4 is 10.6 Å². The molecule has 4 heteroatoms. The first-order valence-electron chi connectivity index (χ1n) is 6.55. The van der Waals surface area contributed by atoms with Crippen LogP contribution in [0, 0.1) is 24.2 Å². The Hall–Kier alpha value is -1.58. The minimum absolute atomic E-state index is 0.113. The van der Waals surface area contributed by atoms with E-state index in [9.17, 15) is 0 Å². The minimum Gasteiger partial charge on any atom is -0.384 e. The molecule has 0 spiro atoms. The molecule has 4 nitrogen and oxygen atoms in total. The smallest absolute Gasteiger partial charge is 0.139 e. The number of nitrogens with one attached hydrogen (secondary N) is 1. The Morgan fingerprint density at radius 3 is 2.78 bits per heavy atom. The van der Waals surface area contributed by atoms with Gasteiger partial charge in [0.1, 0.15) is 11.7 Å². The molecule has 0 aromatic carbocycles. The van der Waals surface area contributed by atoms with Gasteiger partial charge in [0, 0.05) is 19.3 Å². The van der Waals surface area contributed by atoms with Gasteiger partial charge < -0.3 is 10.6 Å². The number of nitrogens with two attached hydrogens (primary N) is 1. The highest BCUT2D eigenvalue weighted by molar-refractivity contribution is 6.01. The fourth-order valence-electron chi connectivity index (χ4n) is 2.57. The van der Waals surface area contributed by atoms with Crippen molar-refractivity contribution in [1.82, 2.24) is 4.98 Å². The highest BCUT2D eigenvalue weighted by Gasteiger charge is 2.25. The van der Waals surface area contributed by atoms with E-state index in [0.29, 0.717) is 5.92 Å². The third-order valence-corrected chi connectivity index (χ3v) is 4.04. The van der Waals surface area contributed by atoms with E-state index in [1.165, 1.54) is 6.42 Å². The van der Waals surface area contributed by atoms with Crippen molar-refractivity contribution in [2.45, 2.75) is 27.2 Å². The number of nitrogen functional groups attached to an aromatic ring is 1. The van der Waals surface area contributed by atoms with Crippen molar-refractivity contribution in [3.05, 3.63) is 23.4 Å². The van der Waals surface area contributed by atoms with Crippen molar-refractivity contribution in [3.8, 4) is 0 Å². The van der Waals surface area contributed by atoms with Gasteiger partial charge in [-0.15, -0.1) is 0 Å². The van der Waals surface area contributed by atoms with Gasteiger partial charge in [-0.2, -0.15) is 0 Å². The largest absolute Gasteiger partial charge is 0.384 e. The number of hydrogen-bond donors (Lipinski definition) is 2. The molecule has 0 amide bonds. The topological polar surface area (TPSA) is 66.0 Å². The third kappa shape index (κ3) is 2.33. The molecule has 1 aromatic heterocycles. The molecule has 2 atom stereocenters. The first-order valence-corrected chi connectivity index (χ1v) is 6.55. The highest BCUT2D eigenvalue weighted by Crippen LogP contribution is 2.28. The molecule has 2 heterocycles. The Morgan fingerprint density at radius 2 is 2.17 bits per heavy atom. The van der Waals surface area contributed by atoms with Crippen molar-refractivity contribution < 1.29 is 0 Å². The predicted octanol–water partition coefficient (Wildman–Crippen LogP) is 2.16. The molecule has 2 rings (SSSR count). The van der Waals surface area contributed by atoms with Crippen molar-refractivity contribution in [3.63, 3.8) is 0 Å². The van der Waals surface area contributed by atoms with Crippen LogP contribution in [0.3, 0.4) is 0 Å². The quantitative estimate of drug-likeness (QED) is 0.620. The molecule has 18 heavy (non-hydrogen) atoms. The Morgan fingerprint density at radius 1 is 1.44 bits per heavy atom. The van der Waals surface area contributed by atoms with Crippen LogP contribution in [0.1, 0.15) is 31.4 Å². The number of aromatic nitrogens is 1. The zero-order chi connectivity index (χ0) is 13.3. The number of rotatable bonds is 2. The van der Waals surface area contributed by atoms with Crippen LogP contribution in [0.15, 0.2) is 12.3 Å². The number of amidine groups is 1. The summed E-state index contributed by atoms with van der Waals surface area (Å²) in [6, 6.07) is 1.91. The van der Waals surface area contributed by atoms with E-state index >= 15 is 0 Å². The number of hydrogen-bond acceptors (Lipinski definition) is 3. The Kier molecular flexibility index (Phi) is 3.55. The van der Waals surface area contributed by atoms with Crippen LogP contribution in [0.5, 0.6) is 0 Å². The molecule has 1 fully saturated rings. The molecule has 1 aliphatic heterocycles. The molecule has 0 saturated carbocycles. The maximum Gasteiger partial charge on any atom is 0.139 e. The zero-order valence-corrected chi connectivity index (χ0v) is 11.4. The first-order chi connectivity index (χ1) is 8.50. The second kappa shape index (κ2) is 4.96. The van der Waals surface area contributed by atoms with Gasteiger partial charge in [-0.25, -0.2) is 4.98 Å². The van der Waals surface area contributed by atoms with Crippen LogP contribution in [0.4, 0.5) is 5.82 Å². The van der Waals surface area contributed by atoms with Crippen LogP contribution in [0.2, 0.25) is 0 Å². The highest BCUT2D eigenvalue weighted by atomic mass is 15.2. The lowest BCUT2D eigenvalue weighted by Gasteiger charge is -2.37. The Labute approximate surface area is 109 Å². The number of anilines is 1. The lowest BCUT2D eigenvalue weighted by atomic mass is 9.88. The summed E-state index contributed by atoms with van der Waals surface area (Å²) in [5.41, 5.74) is 7.52. The predicted molar refractivity (Wildman–Crippen MR) is 75.1 cm³/mol. The molecule has 0 aliphatic carbocycles. The SMILES string of the molecule is Cc1ccnc(N2CCC(C)C(C)C2)c1C(=N)N. The van der Waals surface area contributed by atoms with Crippen LogP contribution >= 0.6 is 0 Å². The average Bonchev–Trinajstić information content (AvgIpc) is 2.32. The van der Waals surface area contributed by atoms with E-state index < -0.39 is 0 Å². The molecule has 1 aliphatic rings. The van der Waals surface area contributed by atoms with Gasteiger partial charge in [-0.05, 0) is 36.8 Å². The molecule has 0 radical (unpaired) electrons. The summed E-state index contributed by atoms with van der Waals surface area (Å²) in [7, 11) is 0. The summed E-state index contributed by atoms with van der Waals surface area (Å²) >= 11 is 0. The van der Waals surface area contributed by atoms with Gasteiger partial charge in [-0.1, -0.05) is 13.8 Å². The molecule has 1 aromatic rings. The molecular formula is C14H22N4. The van der Waals surface area contributed by atoms with Crippen LogP contribution in [0.25, 0.3) is 0 Å². The van der Waals surface area contributed by atoms with Crippen LogP contribution in [-0.2, 0) is 0 Å². The van der Waals surface area contributed by atoms with Crippen molar-refractivity contribution in [2.24, 2.45) is 17.6 Å². The summed E-state index contributed by atoms with van der Waals surface area (Å²) in [4.78, 5) is 6.72. The Bertz CT molecular complexity index is 455. The molecule has 2 unspecified atom stereocenters. The van der Waals surface area contributed by atoms with Crippen LogP contribution in [-0.4, -0.2) is 23.9 Å². The standard InChI is InChI=1S/C14H22N4/c1-9-5-7-18(8-11(9)3)14-12(13(15)16)10(2)4-6-17-14/h4,6,9,11H,5,7-8H2,1-3H3,(H3,15,16). The van der Waals surface area contributed by atoms with E-state index in [1.807, 2.05) is 13.0 Å². The zero-order valence-electron chi connectivity index (χ0n) is 11.4. The summed E-state index contributed by atoms with van der Waals surface area (Å²) < 4.78 is 0. The fraction of sp³-hybridized carbons (Fsp3) is 0.571. The molecule has 3 N–H and O–H groups in total. The number of nitrogens with zero attached hydrogens (tertiary/aromatic N) is 2. The van der Waals surface area contributed by atoms with Gasteiger partial charge in [0.2, 0.25) is 0 Å². The van der Waals surface area contributed by atoms with Gasteiger partial charge in [-0.3, -0.25) is 5.41 Å². The fourth-order valence-corrected chi connectivity index (χ4v) is 2.57. The molecule has 1 saturated heterocycles. The summed E-state index contributed by atoms with van der Waals surface area (Å²) in [6.07, 6.45) is 2.98. The summed E-state index contributed by atoms with van der Waals surface area (Å²) in [5.74, 6) is 2.40. The molecular weight excluding hydrogens is 224 g/mol. The van der Waals surface area contributed by atoms with E-state index in [4.69, 9.17) is 11.1 Å². The molecule has 0 bridgehead atoms. The van der Waals surface area contributed by atoms with Crippen molar-refractivity contribution >= 4 is 11.7 Å². The number of aryl methyl sites for hydroxylation is 1. The van der Waals surface area contributed by atoms with Crippen molar-refractivity contribution in [2.75, 3.05) is 18.0 Å². The van der Waals surface area contributed by atoms with Gasteiger partial charge in [0.15, 0.2) is 0 Å². The number of piperidine rings is 1. The second-order valence-electron chi connectivity index (χ2n) is 5.43. The lowest BCUT2D eigenvalue weighted by molar-refractivity contribution is 0.322. The third-order valence-electron chi connectivity index (χ3n) is 4.04. The van der Waals surface area contributed by atoms with E-state index in [1.54, 1.807) is 6.20 Å². The van der Waals surface area contributed by atoms with E-state index in [-0.39, 0.29) is 5.84 Å². The maximum absolute atomic E-state index is 7.74. The lowest BCUT2D eigenvalue weighted by Crippen LogP contribution is -2.40. The summed E-state index contributed by atoms with van der Waals surface area (Å²) in [6.45, 7) is 8.57. The first kappa shape index (κ1) is 12.9. The van der Waals surface area contributed by atoms with Gasteiger partial charge >= 0.3 is 0 Å².